The van der Waals surface area contributed by atoms with Crippen molar-refractivity contribution in [1.29, 1.82) is 0 Å². The quantitative estimate of drug-likeness (QED) is 0.0778. The molecule has 3 unspecified atom stereocenters. The molecule has 0 radical (unpaired) electrons. The molecule has 0 spiro atoms. The number of Topliss-reactive ketones (excluding diaryl/α,β-unsaturated/α-hetero) is 1. The van der Waals surface area contributed by atoms with E-state index in [1.165, 1.54) is 52.3 Å². The monoisotopic (exact) mass is 951 g/mol. The van der Waals surface area contributed by atoms with Gasteiger partial charge in [-0.25, -0.2) is 9.59 Å². The molecule has 3 aliphatic rings. The van der Waals surface area contributed by atoms with Crippen molar-refractivity contribution in [1.82, 2.24) is 4.90 Å². The van der Waals surface area contributed by atoms with Crippen LogP contribution in [0.4, 0.5) is 4.79 Å². The molecule has 374 valence electrons. The van der Waals surface area contributed by atoms with Crippen molar-refractivity contribution in [3.63, 3.8) is 0 Å². The van der Waals surface area contributed by atoms with Gasteiger partial charge >= 0.3 is 24.0 Å². The highest BCUT2D eigenvalue weighted by molar-refractivity contribution is 6.09. The summed E-state index contributed by atoms with van der Waals surface area (Å²) >= 11 is 0. The topological polar surface area (TPSA) is 234 Å². The van der Waals surface area contributed by atoms with Gasteiger partial charge in [0, 0.05) is 49.0 Å². The van der Waals surface area contributed by atoms with Crippen molar-refractivity contribution < 1.29 is 77.6 Å². The number of ketones is 1. The van der Waals surface area contributed by atoms with E-state index in [1.54, 1.807) is 65.8 Å². The molecule has 0 saturated carbocycles. The first-order valence-electron chi connectivity index (χ1n) is 22.9. The number of carbonyl (C=O) groups is 5. The van der Waals surface area contributed by atoms with Gasteiger partial charge in [-0.3, -0.25) is 19.3 Å². The lowest BCUT2D eigenvalue weighted by atomic mass is 9.53. The summed E-state index contributed by atoms with van der Waals surface area (Å²) in [5.74, 6) is -6.54. The van der Waals surface area contributed by atoms with E-state index >= 15 is 0 Å². The molecule has 1 aliphatic heterocycles. The fourth-order valence-electron chi connectivity index (χ4n) is 10.0. The molecule has 2 aromatic rings. The van der Waals surface area contributed by atoms with Crippen molar-refractivity contribution in [2.24, 2.45) is 23.2 Å². The molecule has 1 heterocycles. The number of aliphatic hydroxyl groups excluding tert-OH is 3. The summed E-state index contributed by atoms with van der Waals surface area (Å²) in [6.45, 7) is 16.7. The van der Waals surface area contributed by atoms with Gasteiger partial charge in [-0.2, -0.15) is 0 Å². The normalized spacial score (nSPS) is 27.1. The average molecular weight is 952 g/mol. The maximum absolute atomic E-state index is 14.9. The zero-order valence-corrected chi connectivity index (χ0v) is 41.4. The summed E-state index contributed by atoms with van der Waals surface area (Å²) in [6, 6.07) is 11.5. The number of hydrogen-bond donors (Lipinski definition) is 4. The third-order valence-corrected chi connectivity index (χ3v) is 13.6. The summed E-state index contributed by atoms with van der Waals surface area (Å²) in [7, 11) is 2.86. The van der Waals surface area contributed by atoms with E-state index in [4.69, 9.17) is 33.2 Å². The third kappa shape index (κ3) is 10.3. The molecule has 17 heteroatoms. The van der Waals surface area contributed by atoms with E-state index < -0.39 is 113 Å². The van der Waals surface area contributed by atoms with Crippen molar-refractivity contribution >= 4 is 29.8 Å². The van der Waals surface area contributed by atoms with Gasteiger partial charge in [0.15, 0.2) is 17.6 Å². The molecule has 17 nitrogen and oxygen atoms in total. The van der Waals surface area contributed by atoms with Gasteiger partial charge in [0.2, 0.25) is 5.78 Å². The van der Waals surface area contributed by atoms with E-state index in [0.717, 1.165) is 11.8 Å². The number of rotatable bonds is 16. The number of hydrogen-bond acceptors (Lipinski definition) is 16. The summed E-state index contributed by atoms with van der Waals surface area (Å²) in [4.78, 5) is 72.4. The lowest BCUT2D eigenvalue weighted by molar-refractivity contribution is -0.295. The van der Waals surface area contributed by atoms with Crippen LogP contribution in [0.3, 0.4) is 0 Å². The van der Waals surface area contributed by atoms with Crippen molar-refractivity contribution in [2.45, 2.75) is 143 Å². The van der Waals surface area contributed by atoms with Crippen LogP contribution in [0.1, 0.15) is 118 Å². The number of ether oxygens (including phenoxy) is 7. The fourth-order valence-corrected chi connectivity index (χ4v) is 10.0. The van der Waals surface area contributed by atoms with E-state index in [9.17, 15) is 44.4 Å². The van der Waals surface area contributed by atoms with Crippen molar-refractivity contribution in [2.75, 3.05) is 27.4 Å². The minimum atomic E-state index is -2.35. The highest BCUT2D eigenvalue weighted by Gasteiger charge is 2.70. The number of allylic oxidation sites excluding steroid dienone is 1. The number of fused-ring (bicyclic) bond motifs is 2. The SMILES string of the molecule is COc1ccc(C(O)N(C(=O)OC(C)(C)C)[C@@H](CC(C)C)C(C)C(=O)O[C@H]2C[C@@]3(O)[C@@H](OC(=O)c4ccccc4)C([C@]4(OC(C)=O)CO[C@@H]4CCO)/C(C)=C(/O)C(=O)C(=C2C)C3(C)C)c(OC)c1. The molecule has 1 saturated heterocycles. The highest BCUT2D eigenvalue weighted by atomic mass is 16.6. The molecule has 2 bridgehead atoms. The van der Waals surface area contributed by atoms with Crippen molar-refractivity contribution in [3.8, 4) is 11.5 Å². The van der Waals surface area contributed by atoms with Crippen LogP contribution in [0.5, 0.6) is 11.5 Å². The van der Waals surface area contributed by atoms with Crippen LogP contribution < -0.4 is 9.47 Å². The van der Waals surface area contributed by atoms with Gasteiger partial charge in [0.05, 0.1) is 44.3 Å². The smallest absolute Gasteiger partial charge is 0.412 e. The Morgan fingerprint density at radius 3 is 2.13 bits per heavy atom. The van der Waals surface area contributed by atoms with Crippen LogP contribution in [-0.4, -0.2) is 124 Å². The van der Waals surface area contributed by atoms with Crippen LogP contribution in [0.2, 0.25) is 0 Å². The Balaban J connectivity index is 1.68. The predicted molar refractivity (Wildman–Crippen MR) is 246 cm³/mol. The summed E-state index contributed by atoms with van der Waals surface area (Å²) in [5, 5.41) is 48.0. The Morgan fingerprint density at radius 1 is 0.956 bits per heavy atom. The van der Waals surface area contributed by atoms with Gasteiger partial charge in [0.25, 0.3) is 0 Å². The van der Waals surface area contributed by atoms with E-state index in [2.05, 4.69) is 0 Å². The molecule has 2 aliphatic carbocycles. The molecular formula is C51H69NO16. The fraction of sp³-hybridized carbons (Fsp3) is 0.588. The molecule has 0 aromatic heterocycles. The number of aliphatic hydroxyl groups is 4. The molecule has 4 N–H and O–H groups in total. The minimum Gasteiger partial charge on any atom is -0.504 e. The second-order valence-corrected chi connectivity index (χ2v) is 20.0. The standard InChI is InChI=1S/C51H69NO16/c1-27(2)23-35(52(47(60)68-48(7,8)9)44(57)34-20-19-33(62-12)24-36(34)63-13)28(3)45(58)65-37-25-51(61)43(66-46(59)32-17-15-14-16-18-32)40(50(67-31(6)54)26-64-38(50)21-22-53)30(5)41(55)42(56)39(29(37)4)49(51,10)11/h14-20,24,27-28,35,37-38,40,43-44,53,55,57,61H,21-23,25-26H2,1-13H3/b41-30+/t28?,35-,37-,38+,40?,43-,44?,50-,51+/m0/s1. The van der Waals surface area contributed by atoms with E-state index in [1.807, 2.05) is 13.8 Å². The van der Waals surface area contributed by atoms with Crippen LogP contribution in [0.15, 0.2) is 71.0 Å². The molecule has 1 fully saturated rings. The van der Waals surface area contributed by atoms with Crippen LogP contribution >= 0.6 is 0 Å². The third-order valence-electron chi connectivity index (χ3n) is 13.6. The maximum Gasteiger partial charge on any atom is 0.412 e. The van der Waals surface area contributed by atoms with Gasteiger partial charge in [-0.1, -0.05) is 45.9 Å². The number of carbonyl (C=O) groups excluding carboxylic acids is 5. The van der Waals surface area contributed by atoms with Crippen LogP contribution in [0.25, 0.3) is 0 Å². The molecule has 5 rings (SSSR count). The Hall–Kier alpha value is -5.49. The second kappa shape index (κ2) is 20.6. The van der Waals surface area contributed by atoms with E-state index in [0.29, 0.717) is 5.75 Å². The highest BCUT2D eigenvalue weighted by Crippen LogP contribution is 2.58. The van der Waals surface area contributed by atoms with Crippen LogP contribution in [-0.2, 0) is 38.1 Å². The molecule has 1 amide bonds. The first-order chi connectivity index (χ1) is 31.7. The summed E-state index contributed by atoms with van der Waals surface area (Å²) in [6.07, 6.45) is -7.31. The molecular weight excluding hydrogens is 883 g/mol. The Kier molecular flexibility index (Phi) is 16.2. The Morgan fingerprint density at radius 2 is 1.60 bits per heavy atom. The Labute approximate surface area is 398 Å². The average Bonchev–Trinajstić information content (AvgIpc) is 3.26. The zero-order chi connectivity index (χ0) is 50.8. The first kappa shape index (κ1) is 53.5. The molecule has 9 atom stereocenters. The Bertz CT molecular complexity index is 2280. The molecule has 68 heavy (non-hydrogen) atoms. The lowest BCUT2D eigenvalue weighted by Gasteiger charge is -2.60. The number of benzene rings is 2. The van der Waals surface area contributed by atoms with Crippen LogP contribution in [0, 0.1) is 23.2 Å². The van der Waals surface area contributed by atoms with E-state index in [-0.39, 0.29) is 59.0 Å². The first-order valence-corrected chi connectivity index (χ1v) is 22.9. The maximum atomic E-state index is 14.9. The van der Waals surface area contributed by atoms with Gasteiger partial charge in [0.1, 0.15) is 41.0 Å². The van der Waals surface area contributed by atoms with Crippen molar-refractivity contribution in [3.05, 3.63) is 82.1 Å². The van der Waals surface area contributed by atoms with Gasteiger partial charge in [-0.15, -0.1) is 0 Å². The number of amides is 1. The predicted octanol–water partition coefficient (Wildman–Crippen LogP) is 6.71. The molecule has 2 aromatic carbocycles. The minimum absolute atomic E-state index is 0.0763. The summed E-state index contributed by atoms with van der Waals surface area (Å²) < 4.78 is 41.4. The van der Waals surface area contributed by atoms with Gasteiger partial charge in [-0.05, 0) is 89.3 Å². The zero-order valence-electron chi connectivity index (χ0n) is 41.4. The number of nitrogens with zero attached hydrogens (tertiary/aromatic N) is 1. The second-order valence-electron chi connectivity index (χ2n) is 20.0. The number of methoxy groups -OCH3 is 2. The largest absolute Gasteiger partial charge is 0.504 e. The van der Waals surface area contributed by atoms with Gasteiger partial charge < -0.3 is 53.6 Å². The summed E-state index contributed by atoms with van der Waals surface area (Å²) in [5.41, 5.74) is -6.62. The lowest BCUT2D eigenvalue weighted by Crippen LogP contribution is -2.73. The number of esters is 3.